The molecule has 1 unspecified atom stereocenters. The lowest BCUT2D eigenvalue weighted by Gasteiger charge is -2.14. The van der Waals surface area contributed by atoms with Crippen molar-refractivity contribution in [2.24, 2.45) is 11.7 Å². The van der Waals surface area contributed by atoms with Crippen LogP contribution in [0.3, 0.4) is 0 Å². The molecule has 3 rings (SSSR count). The molecule has 0 bridgehead atoms. The highest BCUT2D eigenvalue weighted by Crippen LogP contribution is 2.30. The molecule has 1 saturated carbocycles. The molecule has 0 radical (unpaired) electrons. The molecule has 1 atom stereocenters. The summed E-state index contributed by atoms with van der Waals surface area (Å²) in [6.07, 6.45) is 7.24. The number of anilines is 2. The third-order valence-corrected chi connectivity index (χ3v) is 3.92. The zero-order valence-corrected chi connectivity index (χ0v) is 13.2. The smallest absolute Gasteiger partial charge is 0.232 e. The Kier molecular flexibility index (Phi) is 4.85. The van der Waals surface area contributed by atoms with Crippen LogP contribution in [0.1, 0.15) is 30.7 Å². The van der Waals surface area contributed by atoms with Crippen LogP contribution in [0.25, 0.3) is 0 Å². The predicted octanol–water partition coefficient (Wildman–Crippen LogP) is 1.22. The summed E-state index contributed by atoms with van der Waals surface area (Å²) < 4.78 is 0. The highest BCUT2D eigenvalue weighted by molar-refractivity contribution is 5.96. The molecule has 0 spiro atoms. The highest BCUT2D eigenvalue weighted by atomic mass is 16.2. The van der Waals surface area contributed by atoms with Gasteiger partial charge < -0.3 is 16.4 Å². The average Bonchev–Trinajstić information content (AvgIpc) is 3.30. The summed E-state index contributed by atoms with van der Waals surface area (Å²) in [5.41, 5.74) is 6.95. The molecule has 5 N–H and O–H groups in total. The maximum absolute atomic E-state index is 12.5. The molecule has 2 amide bonds. The van der Waals surface area contributed by atoms with Gasteiger partial charge in [0, 0.05) is 17.7 Å². The lowest BCUT2D eigenvalue weighted by atomic mass is 9.98. The van der Waals surface area contributed by atoms with E-state index in [2.05, 4.69) is 25.8 Å². The predicted molar refractivity (Wildman–Crippen MR) is 89.2 cm³/mol. The first-order valence-electron chi connectivity index (χ1n) is 7.94. The van der Waals surface area contributed by atoms with Gasteiger partial charge in [0.15, 0.2) is 0 Å². The maximum Gasteiger partial charge on any atom is 0.232 e. The van der Waals surface area contributed by atoms with Crippen LogP contribution in [-0.4, -0.2) is 33.5 Å². The molecule has 0 saturated heterocycles. The number of H-pyrrole nitrogens is 1. The van der Waals surface area contributed by atoms with Gasteiger partial charge in [0.1, 0.15) is 5.82 Å². The van der Waals surface area contributed by atoms with Crippen molar-refractivity contribution in [3.63, 3.8) is 0 Å². The first kappa shape index (κ1) is 16.1. The number of aromatic nitrogens is 3. The number of carbonyl (C=O) groups excluding carboxylic acids is 2. The molecule has 8 nitrogen and oxygen atoms in total. The van der Waals surface area contributed by atoms with E-state index < -0.39 is 0 Å². The minimum atomic E-state index is -0.372. The Morgan fingerprint density at radius 1 is 1.29 bits per heavy atom. The minimum Gasteiger partial charge on any atom is -0.330 e. The van der Waals surface area contributed by atoms with Gasteiger partial charge in [0.2, 0.25) is 11.8 Å². The Hall–Kier alpha value is -2.74. The Morgan fingerprint density at radius 2 is 2.12 bits per heavy atom. The van der Waals surface area contributed by atoms with E-state index in [1.54, 1.807) is 24.5 Å². The molecule has 1 fully saturated rings. The van der Waals surface area contributed by atoms with Crippen LogP contribution in [0, 0.1) is 5.92 Å². The average molecular weight is 328 g/mol. The Bertz CT molecular complexity index is 694. The number of nitrogens with one attached hydrogen (secondary N) is 3. The van der Waals surface area contributed by atoms with Gasteiger partial charge in [0.25, 0.3) is 0 Å². The molecule has 2 aromatic heterocycles. The SMILES string of the molecule is NCCC(C(=O)Nc1ccc(NC(=O)C2CC2)nc1)c1cn[nH]c1. The zero-order chi connectivity index (χ0) is 16.9. The topological polar surface area (TPSA) is 126 Å². The van der Waals surface area contributed by atoms with Crippen molar-refractivity contribution < 1.29 is 9.59 Å². The van der Waals surface area contributed by atoms with Crippen LogP contribution in [0.5, 0.6) is 0 Å². The zero-order valence-electron chi connectivity index (χ0n) is 13.2. The Balaban J connectivity index is 1.61. The quantitative estimate of drug-likeness (QED) is 0.608. The van der Waals surface area contributed by atoms with Gasteiger partial charge in [-0.2, -0.15) is 5.10 Å². The first-order valence-corrected chi connectivity index (χ1v) is 7.94. The van der Waals surface area contributed by atoms with Gasteiger partial charge in [-0.1, -0.05) is 0 Å². The van der Waals surface area contributed by atoms with Crippen LogP contribution in [0.2, 0.25) is 0 Å². The summed E-state index contributed by atoms with van der Waals surface area (Å²) in [4.78, 5) is 28.3. The molecule has 2 heterocycles. The van der Waals surface area contributed by atoms with Gasteiger partial charge in [-0.15, -0.1) is 0 Å². The number of aromatic amines is 1. The second kappa shape index (κ2) is 7.22. The van der Waals surface area contributed by atoms with Crippen LogP contribution in [-0.2, 0) is 9.59 Å². The van der Waals surface area contributed by atoms with E-state index in [0.29, 0.717) is 24.5 Å². The van der Waals surface area contributed by atoms with Crippen molar-refractivity contribution in [1.82, 2.24) is 15.2 Å². The van der Waals surface area contributed by atoms with Crippen molar-refractivity contribution >= 4 is 23.3 Å². The molecule has 2 aromatic rings. The summed E-state index contributed by atoms with van der Waals surface area (Å²) in [6.45, 7) is 0.396. The molecule has 126 valence electrons. The second-order valence-corrected chi connectivity index (χ2v) is 5.85. The molecular formula is C16H20N6O2. The van der Waals surface area contributed by atoms with Gasteiger partial charge in [-0.25, -0.2) is 4.98 Å². The lowest BCUT2D eigenvalue weighted by Crippen LogP contribution is -2.23. The lowest BCUT2D eigenvalue weighted by molar-refractivity contribution is -0.118. The fraction of sp³-hybridized carbons (Fsp3) is 0.375. The molecular weight excluding hydrogens is 308 g/mol. The van der Waals surface area contributed by atoms with Crippen molar-refractivity contribution in [3.8, 4) is 0 Å². The third kappa shape index (κ3) is 3.96. The fourth-order valence-corrected chi connectivity index (χ4v) is 2.41. The highest BCUT2D eigenvalue weighted by Gasteiger charge is 2.29. The van der Waals surface area contributed by atoms with Gasteiger partial charge >= 0.3 is 0 Å². The van der Waals surface area contributed by atoms with E-state index >= 15 is 0 Å². The summed E-state index contributed by atoms with van der Waals surface area (Å²) in [5.74, 6) is 0.0695. The van der Waals surface area contributed by atoms with Crippen LogP contribution >= 0.6 is 0 Å². The number of hydrogen-bond donors (Lipinski definition) is 4. The van der Waals surface area contributed by atoms with E-state index in [0.717, 1.165) is 18.4 Å². The molecule has 1 aliphatic rings. The van der Waals surface area contributed by atoms with Gasteiger partial charge in [-0.05, 0) is 37.9 Å². The van der Waals surface area contributed by atoms with Gasteiger partial charge in [-0.3, -0.25) is 14.7 Å². The van der Waals surface area contributed by atoms with Crippen molar-refractivity contribution in [3.05, 3.63) is 36.3 Å². The number of carbonyl (C=O) groups is 2. The van der Waals surface area contributed by atoms with Crippen LogP contribution in [0.15, 0.2) is 30.7 Å². The molecule has 0 aliphatic heterocycles. The van der Waals surface area contributed by atoms with Crippen molar-refractivity contribution in [2.45, 2.75) is 25.2 Å². The number of pyridine rings is 1. The van der Waals surface area contributed by atoms with E-state index in [9.17, 15) is 9.59 Å². The summed E-state index contributed by atoms with van der Waals surface area (Å²) >= 11 is 0. The minimum absolute atomic E-state index is 0.00209. The summed E-state index contributed by atoms with van der Waals surface area (Å²) in [7, 11) is 0. The van der Waals surface area contributed by atoms with E-state index in [4.69, 9.17) is 5.73 Å². The monoisotopic (exact) mass is 328 g/mol. The van der Waals surface area contributed by atoms with E-state index in [1.165, 1.54) is 6.20 Å². The summed E-state index contributed by atoms with van der Waals surface area (Å²) in [6, 6.07) is 3.38. The molecule has 8 heteroatoms. The third-order valence-electron chi connectivity index (χ3n) is 3.92. The van der Waals surface area contributed by atoms with E-state index in [-0.39, 0.29) is 23.7 Å². The number of hydrogen-bond acceptors (Lipinski definition) is 5. The number of nitrogens with zero attached hydrogens (tertiary/aromatic N) is 2. The fourth-order valence-electron chi connectivity index (χ4n) is 2.41. The largest absolute Gasteiger partial charge is 0.330 e. The van der Waals surface area contributed by atoms with Crippen molar-refractivity contribution in [1.29, 1.82) is 0 Å². The second-order valence-electron chi connectivity index (χ2n) is 5.85. The van der Waals surface area contributed by atoms with E-state index in [1.807, 2.05) is 0 Å². The Morgan fingerprint density at radius 3 is 2.71 bits per heavy atom. The first-order chi connectivity index (χ1) is 11.7. The van der Waals surface area contributed by atoms with Crippen molar-refractivity contribution in [2.75, 3.05) is 17.2 Å². The normalized spacial score (nSPS) is 14.9. The standard InChI is InChI=1S/C16H20N6O2/c17-6-5-13(11-7-19-20-8-11)16(24)21-12-3-4-14(18-9-12)22-15(23)10-1-2-10/h3-4,7-10,13H,1-2,5-6,17H2,(H,19,20)(H,21,24)(H,18,22,23). The summed E-state index contributed by atoms with van der Waals surface area (Å²) in [5, 5.41) is 12.2. The number of nitrogens with two attached hydrogens (primary N) is 1. The molecule has 24 heavy (non-hydrogen) atoms. The molecule has 0 aromatic carbocycles. The number of rotatable bonds is 7. The molecule has 1 aliphatic carbocycles. The number of amides is 2. The maximum atomic E-state index is 12.5. The Labute approximate surface area is 139 Å². The van der Waals surface area contributed by atoms with Crippen LogP contribution in [0.4, 0.5) is 11.5 Å². The van der Waals surface area contributed by atoms with Gasteiger partial charge in [0.05, 0.1) is 24.0 Å². The van der Waals surface area contributed by atoms with Crippen LogP contribution < -0.4 is 16.4 Å².